The molecule has 0 aromatic heterocycles. The number of carbonyl (C=O) groups is 6. The van der Waals surface area contributed by atoms with Crippen LogP contribution in [0.15, 0.2) is 72.8 Å². The Labute approximate surface area is 266 Å². The lowest BCUT2D eigenvalue weighted by atomic mass is 10.1. The van der Waals surface area contributed by atoms with Crippen molar-refractivity contribution in [1.82, 2.24) is 4.90 Å². The van der Waals surface area contributed by atoms with E-state index in [4.69, 9.17) is 17.2 Å². The molecule has 0 saturated heterocycles. The van der Waals surface area contributed by atoms with Crippen molar-refractivity contribution in [2.45, 2.75) is 38.9 Å². The molecule has 0 aliphatic rings. The second-order valence-corrected chi connectivity index (χ2v) is 10.9. The number of nitrogens with zero attached hydrogens (tertiary/aromatic N) is 1. The number of benzene rings is 3. The van der Waals surface area contributed by atoms with Crippen LogP contribution in [0.3, 0.4) is 0 Å². The highest BCUT2D eigenvalue weighted by Crippen LogP contribution is 2.13. The van der Waals surface area contributed by atoms with E-state index >= 15 is 0 Å². The second-order valence-electron chi connectivity index (χ2n) is 10.9. The van der Waals surface area contributed by atoms with Gasteiger partial charge in [-0.05, 0) is 93.6 Å². The summed E-state index contributed by atoms with van der Waals surface area (Å²) in [5.74, 6) is -2.00. The van der Waals surface area contributed by atoms with E-state index in [2.05, 4.69) is 16.0 Å². The van der Waals surface area contributed by atoms with Gasteiger partial charge in [0.25, 0.3) is 0 Å². The molecule has 0 aliphatic carbocycles. The predicted octanol–water partition coefficient (Wildman–Crippen LogP) is 1.79. The van der Waals surface area contributed by atoms with Crippen molar-refractivity contribution in [1.29, 1.82) is 0 Å². The Morgan fingerprint density at radius 3 is 0.891 bits per heavy atom. The van der Waals surface area contributed by atoms with Crippen LogP contribution >= 0.6 is 0 Å². The summed E-state index contributed by atoms with van der Waals surface area (Å²) < 4.78 is 0. The minimum atomic E-state index is -1.11. The summed E-state index contributed by atoms with van der Waals surface area (Å²) in [6, 6.07) is 15.6. The lowest BCUT2D eigenvalue weighted by molar-refractivity contribution is -0.118. The Kier molecular flexibility index (Phi) is 12.5. The first-order valence-electron chi connectivity index (χ1n) is 14.5. The SMILES string of the molecule is CC(=O)c1ccc(NC(=O)C(N)CN(CC(N)C(=O)Nc2ccc(C(C)=O)cc2)CC(N)C(=O)Nc2ccc(C(C)=O)cc2)cc1. The van der Waals surface area contributed by atoms with Crippen LogP contribution in [0.25, 0.3) is 0 Å². The van der Waals surface area contributed by atoms with Crippen LogP contribution in [0.4, 0.5) is 17.1 Å². The number of hydrogen-bond acceptors (Lipinski definition) is 10. The largest absolute Gasteiger partial charge is 0.325 e. The van der Waals surface area contributed by atoms with Gasteiger partial charge in [-0.2, -0.15) is 0 Å². The molecule has 13 nitrogen and oxygen atoms in total. The van der Waals surface area contributed by atoms with Gasteiger partial charge >= 0.3 is 0 Å². The first-order chi connectivity index (χ1) is 21.7. The first-order valence-corrected chi connectivity index (χ1v) is 14.5. The zero-order valence-corrected chi connectivity index (χ0v) is 25.9. The molecule has 0 radical (unpaired) electrons. The zero-order valence-electron chi connectivity index (χ0n) is 25.9. The predicted molar refractivity (Wildman–Crippen MR) is 176 cm³/mol. The third-order valence-electron chi connectivity index (χ3n) is 7.05. The maximum atomic E-state index is 12.9. The Bertz CT molecular complexity index is 1380. The van der Waals surface area contributed by atoms with Crippen LogP contribution in [0.1, 0.15) is 51.8 Å². The van der Waals surface area contributed by atoms with E-state index in [1.807, 2.05) is 0 Å². The maximum Gasteiger partial charge on any atom is 0.242 e. The van der Waals surface area contributed by atoms with E-state index in [-0.39, 0.29) is 37.0 Å². The molecule has 242 valence electrons. The fourth-order valence-corrected chi connectivity index (χ4v) is 4.38. The summed E-state index contributed by atoms with van der Waals surface area (Å²) in [7, 11) is 0. The van der Waals surface area contributed by atoms with Gasteiger partial charge in [0, 0.05) is 53.4 Å². The molecular formula is C33H39N7O6. The van der Waals surface area contributed by atoms with Gasteiger partial charge in [-0.25, -0.2) is 0 Å². The minimum absolute atomic E-state index is 0.111. The molecule has 3 aromatic carbocycles. The Morgan fingerprint density at radius 1 is 0.478 bits per heavy atom. The molecule has 0 aliphatic heterocycles. The van der Waals surface area contributed by atoms with E-state index in [9.17, 15) is 28.8 Å². The van der Waals surface area contributed by atoms with E-state index < -0.39 is 35.8 Å². The molecule has 0 fully saturated rings. The first kappa shape index (κ1) is 35.4. The minimum Gasteiger partial charge on any atom is -0.325 e. The van der Waals surface area contributed by atoms with Gasteiger partial charge in [0.1, 0.15) is 0 Å². The van der Waals surface area contributed by atoms with Crippen molar-refractivity contribution >= 4 is 52.1 Å². The Balaban J connectivity index is 1.70. The highest BCUT2D eigenvalue weighted by Gasteiger charge is 2.26. The van der Waals surface area contributed by atoms with E-state index in [0.29, 0.717) is 33.8 Å². The lowest BCUT2D eigenvalue weighted by Crippen LogP contribution is -2.55. The quantitative estimate of drug-likeness (QED) is 0.134. The second kappa shape index (κ2) is 16.3. The summed E-state index contributed by atoms with van der Waals surface area (Å²) >= 11 is 0. The number of hydrogen-bond donors (Lipinski definition) is 6. The van der Waals surface area contributed by atoms with Gasteiger partial charge in [0.15, 0.2) is 17.3 Å². The molecule has 9 N–H and O–H groups in total. The molecule has 3 atom stereocenters. The summed E-state index contributed by atoms with van der Waals surface area (Å²) in [5, 5.41) is 8.05. The summed E-state index contributed by atoms with van der Waals surface area (Å²) in [6.07, 6.45) is 0. The number of rotatable bonds is 15. The van der Waals surface area contributed by atoms with Gasteiger partial charge < -0.3 is 33.2 Å². The van der Waals surface area contributed by atoms with Crippen LogP contribution in [0.5, 0.6) is 0 Å². The van der Waals surface area contributed by atoms with Crippen molar-refractivity contribution in [3.05, 3.63) is 89.5 Å². The van der Waals surface area contributed by atoms with E-state index in [1.54, 1.807) is 77.7 Å². The molecule has 13 heteroatoms. The molecule has 3 aromatic rings. The van der Waals surface area contributed by atoms with Gasteiger partial charge in [-0.15, -0.1) is 0 Å². The monoisotopic (exact) mass is 629 g/mol. The number of anilines is 3. The van der Waals surface area contributed by atoms with Crippen LogP contribution in [-0.2, 0) is 14.4 Å². The molecule has 3 rings (SSSR count). The van der Waals surface area contributed by atoms with Crippen molar-refractivity contribution in [2.24, 2.45) is 17.2 Å². The van der Waals surface area contributed by atoms with Crippen molar-refractivity contribution < 1.29 is 28.8 Å². The van der Waals surface area contributed by atoms with Gasteiger partial charge in [0.05, 0.1) is 18.1 Å². The van der Waals surface area contributed by atoms with Crippen LogP contribution in [-0.4, -0.2) is 77.7 Å². The Morgan fingerprint density at radius 2 is 0.696 bits per heavy atom. The highest BCUT2D eigenvalue weighted by atomic mass is 16.2. The van der Waals surface area contributed by atoms with Crippen LogP contribution in [0.2, 0.25) is 0 Å². The third kappa shape index (κ3) is 10.5. The maximum absolute atomic E-state index is 12.9. The summed E-state index contributed by atoms with van der Waals surface area (Å²) in [4.78, 5) is 75.0. The van der Waals surface area contributed by atoms with Crippen molar-refractivity contribution in [2.75, 3.05) is 35.6 Å². The fraction of sp³-hybridized carbons (Fsp3) is 0.273. The number of Topliss-reactive ketones (excluding diaryl/α,β-unsaturated/α-hetero) is 3. The third-order valence-corrected chi connectivity index (χ3v) is 7.05. The lowest BCUT2D eigenvalue weighted by Gasteiger charge is -2.29. The average Bonchev–Trinajstić information content (AvgIpc) is 3.01. The molecular weight excluding hydrogens is 590 g/mol. The van der Waals surface area contributed by atoms with Crippen molar-refractivity contribution in [3.8, 4) is 0 Å². The number of ketones is 3. The number of carbonyl (C=O) groups excluding carboxylic acids is 6. The van der Waals surface area contributed by atoms with Crippen molar-refractivity contribution in [3.63, 3.8) is 0 Å². The topological polar surface area (TPSA) is 220 Å². The average molecular weight is 630 g/mol. The molecule has 3 amide bonds. The molecule has 0 heterocycles. The number of amides is 3. The zero-order chi connectivity index (χ0) is 34.0. The molecule has 46 heavy (non-hydrogen) atoms. The van der Waals surface area contributed by atoms with E-state index in [1.165, 1.54) is 20.8 Å². The van der Waals surface area contributed by atoms with Crippen LogP contribution in [0, 0.1) is 0 Å². The van der Waals surface area contributed by atoms with Gasteiger partial charge in [-0.1, -0.05) is 0 Å². The molecule has 3 unspecified atom stereocenters. The van der Waals surface area contributed by atoms with Gasteiger partial charge in [-0.3, -0.25) is 33.7 Å². The van der Waals surface area contributed by atoms with Gasteiger partial charge in [0.2, 0.25) is 17.7 Å². The highest BCUT2D eigenvalue weighted by molar-refractivity contribution is 5.99. The Hall–Kier alpha value is -5.08. The summed E-state index contributed by atoms with van der Waals surface area (Å²) in [5.41, 5.74) is 21.4. The van der Waals surface area contributed by atoms with E-state index in [0.717, 1.165) is 0 Å². The summed E-state index contributed by atoms with van der Waals surface area (Å²) in [6.45, 7) is 3.97. The molecule has 0 saturated carbocycles. The smallest absolute Gasteiger partial charge is 0.242 e. The molecule has 0 bridgehead atoms. The fourth-order valence-electron chi connectivity index (χ4n) is 4.38. The number of nitrogens with one attached hydrogen (secondary N) is 3. The number of nitrogens with two attached hydrogens (primary N) is 3. The standard InChI is InChI=1S/C33H39N7O6/c1-19(41)22-4-10-25(11-5-22)37-31(44)28(34)16-40(17-29(35)32(45)38-26-12-6-23(7-13-26)20(2)42)18-30(36)33(46)39-27-14-8-24(9-15-27)21(3)43/h4-15,28-30H,16-18,34-36H2,1-3H3,(H,37,44)(H,38,45)(H,39,46). The normalized spacial score (nSPS) is 12.8. The molecule has 0 spiro atoms. The van der Waals surface area contributed by atoms with Crippen LogP contribution < -0.4 is 33.2 Å².